The molecule has 0 aliphatic rings. The number of rotatable bonds is 7. The normalized spacial score (nSPS) is 10.4. The molecule has 0 spiro atoms. The van der Waals surface area contributed by atoms with Crippen LogP contribution in [0.25, 0.3) is 0 Å². The van der Waals surface area contributed by atoms with Crippen LogP contribution in [0.15, 0.2) is 12.4 Å². The van der Waals surface area contributed by atoms with E-state index in [1.165, 1.54) is 0 Å². The van der Waals surface area contributed by atoms with Gasteiger partial charge in [0.05, 0.1) is 18.1 Å². The van der Waals surface area contributed by atoms with Gasteiger partial charge in [-0.05, 0) is 12.8 Å². The molecule has 0 saturated heterocycles. The Morgan fingerprint density at radius 2 is 2.19 bits per heavy atom. The highest BCUT2D eigenvalue weighted by Gasteiger charge is 2.02. The molecule has 1 heterocycles. The Kier molecular flexibility index (Phi) is 6.18. The number of thioether (sulfide) groups is 1. The van der Waals surface area contributed by atoms with Crippen LogP contribution in [0.5, 0.6) is 0 Å². The molecule has 0 radical (unpaired) electrons. The van der Waals surface area contributed by atoms with Crippen LogP contribution in [0.4, 0.5) is 5.82 Å². The van der Waals surface area contributed by atoms with Gasteiger partial charge in [-0.15, -0.1) is 0 Å². The summed E-state index contributed by atoms with van der Waals surface area (Å²) >= 11 is 1.84. The molecular formula is C11H20N4S. The second kappa shape index (κ2) is 7.46. The van der Waals surface area contributed by atoms with Crippen LogP contribution in [0.3, 0.4) is 0 Å². The Bertz CT molecular complexity index is 289. The number of aromatic nitrogens is 2. The summed E-state index contributed by atoms with van der Waals surface area (Å²) in [7, 11) is 2.05. The topological polar surface area (TPSA) is 41.1 Å². The predicted molar refractivity (Wildman–Crippen MR) is 71.1 cm³/mol. The minimum Gasteiger partial charge on any atom is -0.358 e. The molecular weight excluding hydrogens is 220 g/mol. The molecule has 16 heavy (non-hydrogen) atoms. The first-order valence-electron chi connectivity index (χ1n) is 5.49. The summed E-state index contributed by atoms with van der Waals surface area (Å²) in [6.45, 7) is 4.83. The van der Waals surface area contributed by atoms with E-state index in [0.29, 0.717) is 0 Å². The lowest BCUT2D eigenvalue weighted by atomic mass is 10.4. The van der Waals surface area contributed by atoms with Crippen molar-refractivity contribution < 1.29 is 0 Å². The van der Waals surface area contributed by atoms with Gasteiger partial charge in [0.2, 0.25) is 0 Å². The molecule has 4 nitrogen and oxygen atoms in total. The van der Waals surface area contributed by atoms with Gasteiger partial charge in [0.25, 0.3) is 0 Å². The molecule has 0 bridgehead atoms. The van der Waals surface area contributed by atoms with Crippen molar-refractivity contribution in [3.8, 4) is 0 Å². The zero-order valence-electron chi connectivity index (χ0n) is 10.2. The molecule has 0 saturated carbocycles. The van der Waals surface area contributed by atoms with Crippen LogP contribution in [0.1, 0.15) is 12.6 Å². The number of nitrogens with one attached hydrogen (secondary N) is 1. The van der Waals surface area contributed by atoms with Crippen LogP contribution in [0.2, 0.25) is 0 Å². The van der Waals surface area contributed by atoms with E-state index in [2.05, 4.69) is 33.4 Å². The molecule has 1 N–H and O–H groups in total. The number of hydrogen-bond acceptors (Lipinski definition) is 5. The van der Waals surface area contributed by atoms with Crippen molar-refractivity contribution in [2.45, 2.75) is 13.5 Å². The summed E-state index contributed by atoms with van der Waals surface area (Å²) < 4.78 is 0. The lowest BCUT2D eigenvalue weighted by Gasteiger charge is -2.16. The van der Waals surface area contributed by atoms with E-state index in [1.807, 2.05) is 31.2 Å². The average Bonchev–Trinajstić information content (AvgIpc) is 2.34. The van der Waals surface area contributed by atoms with Gasteiger partial charge in [-0.2, -0.15) is 11.8 Å². The van der Waals surface area contributed by atoms with Gasteiger partial charge >= 0.3 is 0 Å². The molecule has 0 aliphatic carbocycles. The zero-order chi connectivity index (χ0) is 11.8. The van der Waals surface area contributed by atoms with E-state index < -0.39 is 0 Å². The second-order valence-electron chi connectivity index (χ2n) is 3.56. The molecule has 0 atom stereocenters. The Labute approximate surface area is 102 Å². The maximum absolute atomic E-state index is 4.40. The van der Waals surface area contributed by atoms with E-state index in [-0.39, 0.29) is 0 Å². The minimum absolute atomic E-state index is 0.790. The van der Waals surface area contributed by atoms with E-state index in [9.17, 15) is 0 Å². The van der Waals surface area contributed by atoms with Crippen LogP contribution >= 0.6 is 11.8 Å². The molecule has 0 unspecified atom stereocenters. The highest BCUT2D eigenvalue weighted by atomic mass is 32.2. The van der Waals surface area contributed by atoms with Crippen LogP contribution in [-0.4, -0.2) is 42.1 Å². The van der Waals surface area contributed by atoms with Crippen LogP contribution in [0, 0.1) is 0 Å². The molecule has 1 aromatic rings. The van der Waals surface area contributed by atoms with Crippen molar-refractivity contribution in [1.29, 1.82) is 0 Å². The van der Waals surface area contributed by atoms with Gasteiger partial charge in [-0.1, -0.05) is 6.92 Å². The summed E-state index contributed by atoms with van der Waals surface area (Å²) in [4.78, 5) is 10.9. The van der Waals surface area contributed by atoms with Crippen LogP contribution < -0.4 is 10.2 Å². The molecule has 0 aromatic carbocycles. The SMILES string of the molecule is CCNCc1cnc(N(C)CCSC)cn1. The van der Waals surface area contributed by atoms with Gasteiger partial charge in [-0.3, -0.25) is 4.98 Å². The summed E-state index contributed by atoms with van der Waals surface area (Å²) in [6.07, 6.45) is 5.79. The Balaban J connectivity index is 2.49. The zero-order valence-corrected chi connectivity index (χ0v) is 11.0. The molecule has 0 fully saturated rings. The smallest absolute Gasteiger partial charge is 0.146 e. The second-order valence-corrected chi connectivity index (χ2v) is 4.55. The third kappa shape index (κ3) is 4.37. The Morgan fingerprint density at radius 1 is 1.38 bits per heavy atom. The fourth-order valence-corrected chi connectivity index (χ4v) is 1.69. The van der Waals surface area contributed by atoms with Crippen molar-refractivity contribution >= 4 is 17.6 Å². The van der Waals surface area contributed by atoms with Crippen LogP contribution in [-0.2, 0) is 6.54 Å². The Hall–Kier alpha value is -0.810. The highest BCUT2D eigenvalue weighted by Crippen LogP contribution is 2.07. The highest BCUT2D eigenvalue weighted by molar-refractivity contribution is 7.98. The monoisotopic (exact) mass is 240 g/mol. The fourth-order valence-electron chi connectivity index (χ4n) is 1.23. The summed E-state index contributed by atoms with van der Waals surface area (Å²) in [5, 5.41) is 3.23. The number of hydrogen-bond donors (Lipinski definition) is 1. The molecule has 0 amide bonds. The standard InChI is InChI=1S/C11H20N4S/c1-4-12-7-10-8-14-11(9-13-10)15(2)5-6-16-3/h8-9,12H,4-7H2,1-3H3. The molecule has 5 heteroatoms. The first-order chi connectivity index (χ1) is 7.77. The summed E-state index contributed by atoms with van der Waals surface area (Å²) in [5.74, 6) is 2.05. The van der Waals surface area contributed by atoms with Gasteiger partial charge in [0.15, 0.2) is 0 Å². The summed E-state index contributed by atoms with van der Waals surface area (Å²) in [5.41, 5.74) is 0.990. The van der Waals surface area contributed by atoms with Crippen molar-refractivity contribution in [1.82, 2.24) is 15.3 Å². The van der Waals surface area contributed by atoms with Gasteiger partial charge in [0.1, 0.15) is 5.82 Å². The lowest BCUT2D eigenvalue weighted by molar-refractivity contribution is 0.706. The quantitative estimate of drug-likeness (QED) is 0.780. The number of anilines is 1. The summed E-state index contributed by atoms with van der Waals surface area (Å²) in [6, 6.07) is 0. The Morgan fingerprint density at radius 3 is 2.75 bits per heavy atom. The van der Waals surface area contributed by atoms with Gasteiger partial charge in [-0.25, -0.2) is 4.98 Å². The van der Waals surface area contributed by atoms with E-state index >= 15 is 0 Å². The van der Waals surface area contributed by atoms with E-state index in [0.717, 1.165) is 36.9 Å². The van der Waals surface area contributed by atoms with Crippen molar-refractivity contribution in [3.05, 3.63) is 18.1 Å². The fraction of sp³-hybridized carbons (Fsp3) is 0.636. The molecule has 90 valence electrons. The first kappa shape index (κ1) is 13.3. The largest absolute Gasteiger partial charge is 0.358 e. The van der Waals surface area contributed by atoms with Gasteiger partial charge < -0.3 is 10.2 Å². The number of nitrogens with zero attached hydrogens (tertiary/aromatic N) is 3. The van der Waals surface area contributed by atoms with Gasteiger partial charge in [0, 0.05) is 25.9 Å². The molecule has 0 aliphatic heterocycles. The third-order valence-electron chi connectivity index (χ3n) is 2.27. The van der Waals surface area contributed by atoms with E-state index in [4.69, 9.17) is 0 Å². The average molecular weight is 240 g/mol. The molecule has 1 aromatic heterocycles. The predicted octanol–water partition coefficient (Wildman–Crippen LogP) is 1.39. The molecule has 1 rings (SSSR count). The minimum atomic E-state index is 0.790. The van der Waals surface area contributed by atoms with Crippen molar-refractivity contribution in [2.75, 3.05) is 37.0 Å². The third-order valence-corrected chi connectivity index (χ3v) is 2.86. The van der Waals surface area contributed by atoms with Crippen molar-refractivity contribution in [2.24, 2.45) is 0 Å². The maximum Gasteiger partial charge on any atom is 0.146 e. The van der Waals surface area contributed by atoms with E-state index in [1.54, 1.807) is 0 Å². The first-order valence-corrected chi connectivity index (χ1v) is 6.89. The maximum atomic E-state index is 4.40. The lowest BCUT2D eigenvalue weighted by Crippen LogP contribution is -2.22. The van der Waals surface area contributed by atoms with Crippen molar-refractivity contribution in [3.63, 3.8) is 0 Å².